The first-order chi connectivity index (χ1) is 15.1. The predicted molar refractivity (Wildman–Crippen MR) is 116 cm³/mol. The zero-order valence-corrected chi connectivity index (χ0v) is 17.4. The van der Waals surface area contributed by atoms with Crippen LogP contribution in [0.4, 0.5) is 0 Å². The molecule has 5 rings (SSSR count). The number of pyridine rings is 1. The van der Waals surface area contributed by atoms with Gasteiger partial charge in [0.2, 0.25) is 5.78 Å². The second kappa shape index (κ2) is 7.89. The van der Waals surface area contributed by atoms with Crippen molar-refractivity contribution in [2.45, 2.75) is 20.0 Å². The molecule has 0 saturated heterocycles. The van der Waals surface area contributed by atoms with E-state index in [0.717, 1.165) is 33.9 Å². The third-order valence-corrected chi connectivity index (χ3v) is 5.51. The topological polar surface area (TPSA) is 60.9 Å². The average Bonchev–Trinajstić information content (AvgIpc) is 3.10. The minimum absolute atomic E-state index is 0.120. The van der Waals surface area contributed by atoms with Gasteiger partial charge in [-0.1, -0.05) is 18.2 Å². The van der Waals surface area contributed by atoms with E-state index in [1.165, 1.54) is 0 Å². The number of methoxy groups -OCH3 is 1. The first kappa shape index (κ1) is 19.3. The molecule has 2 aliphatic heterocycles. The fourth-order valence-corrected chi connectivity index (χ4v) is 4.00. The van der Waals surface area contributed by atoms with Crippen LogP contribution < -0.4 is 14.2 Å². The fraction of sp³-hybridized carbons (Fsp3) is 0.200. The van der Waals surface area contributed by atoms with Crippen LogP contribution in [0.3, 0.4) is 0 Å². The van der Waals surface area contributed by atoms with E-state index in [9.17, 15) is 4.79 Å². The minimum atomic E-state index is -0.120. The number of rotatable bonds is 4. The van der Waals surface area contributed by atoms with Crippen LogP contribution in [0, 0.1) is 6.92 Å². The maximum Gasteiger partial charge on any atom is 0.231 e. The van der Waals surface area contributed by atoms with Gasteiger partial charge in [0.25, 0.3) is 0 Å². The van der Waals surface area contributed by atoms with Crippen molar-refractivity contribution in [3.8, 4) is 17.2 Å². The third kappa shape index (κ3) is 3.66. The molecule has 0 unspecified atom stereocenters. The molecule has 0 fully saturated rings. The summed E-state index contributed by atoms with van der Waals surface area (Å²) >= 11 is 0. The van der Waals surface area contributed by atoms with Gasteiger partial charge in [0.05, 0.1) is 18.4 Å². The van der Waals surface area contributed by atoms with Crippen molar-refractivity contribution in [3.63, 3.8) is 0 Å². The highest BCUT2D eigenvalue weighted by Gasteiger charge is 2.33. The molecule has 1 aromatic heterocycles. The lowest BCUT2D eigenvalue weighted by molar-refractivity contribution is 0.0865. The number of hydrogen-bond acceptors (Lipinski definition) is 6. The van der Waals surface area contributed by atoms with E-state index in [4.69, 9.17) is 14.2 Å². The predicted octanol–water partition coefficient (Wildman–Crippen LogP) is 4.37. The van der Waals surface area contributed by atoms with Crippen LogP contribution in [-0.4, -0.2) is 29.5 Å². The van der Waals surface area contributed by atoms with Crippen molar-refractivity contribution in [1.29, 1.82) is 0 Å². The van der Waals surface area contributed by atoms with Crippen LogP contribution in [0.25, 0.3) is 6.08 Å². The highest BCUT2D eigenvalue weighted by molar-refractivity contribution is 6.15. The second-order valence-corrected chi connectivity index (χ2v) is 7.66. The van der Waals surface area contributed by atoms with Gasteiger partial charge in [0, 0.05) is 30.4 Å². The first-order valence-corrected chi connectivity index (χ1v) is 10.1. The maximum absolute atomic E-state index is 13.1. The van der Waals surface area contributed by atoms with Crippen LogP contribution in [0.5, 0.6) is 17.2 Å². The number of benzene rings is 2. The highest BCUT2D eigenvalue weighted by Crippen LogP contribution is 2.43. The molecular formula is C25H22N2O4. The van der Waals surface area contributed by atoms with Gasteiger partial charge in [0.15, 0.2) is 5.76 Å². The molecule has 156 valence electrons. The zero-order valence-electron chi connectivity index (χ0n) is 17.4. The number of allylic oxidation sites excluding steroid dienone is 1. The standard InChI is InChI=1S/C25H22N2O4/c1-16-24-18(13-27(15-30-24)14-19-7-3-4-9-26-19)12-21-23(28)22(31-25(16)21)11-17-6-5-8-20(10-17)29-2/h3-12H,13-15H2,1-2H3/b22-11-. The molecule has 6 nitrogen and oxygen atoms in total. The lowest BCUT2D eigenvalue weighted by atomic mass is 10.00. The Balaban J connectivity index is 1.43. The largest absolute Gasteiger partial charge is 0.497 e. The Hall–Kier alpha value is -3.64. The molecule has 0 atom stereocenters. The van der Waals surface area contributed by atoms with E-state index >= 15 is 0 Å². The number of carbonyl (C=O) groups is 1. The summed E-state index contributed by atoms with van der Waals surface area (Å²) in [5.74, 6) is 2.29. The summed E-state index contributed by atoms with van der Waals surface area (Å²) < 4.78 is 17.3. The van der Waals surface area contributed by atoms with Crippen molar-refractivity contribution < 1.29 is 19.0 Å². The molecule has 0 amide bonds. The average molecular weight is 414 g/mol. The third-order valence-electron chi connectivity index (χ3n) is 5.51. The molecule has 31 heavy (non-hydrogen) atoms. The number of ether oxygens (including phenoxy) is 3. The summed E-state index contributed by atoms with van der Waals surface area (Å²) in [6.45, 7) is 3.77. The molecule has 0 spiro atoms. The van der Waals surface area contributed by atoms with Crippen molar-refractivity contribution in [3.05, 3.63) is 88.4 Å². The minimum Gasteiger partial charge on any atom is -0.497 e. The van der Waals surface area contributed by atoms with Crippen molar-refractivity contribution in [2.24, 2.45) is 0 Å². The van der Waals surface area contributed by atoms with Crippen molar-refractivity contribution in [1.82, 2.24) is 9.88 Å². The summed E-state index contributed by atoms with van der Waals surface area (Å²) in [5.41, 5.74) is 4.24. The Bertz CT molecular complexity index is 1190. The lowest BCUT2D eigenvalue weighted by Gasteiger charge is -2.30. The Labute approximate surface area is 180 Å². The van der Waals surface area contributed by atoms with E-state index in [2.05, 4.69) is 9.88 Å². The lowest BCUT2D eigenvalue weighted by Crippen LogP contribution is -2.32. The normalized spacial score (nSPS) is 16.5. The van der Waals surface area contributed by atoms with Crippen LogP contribution in [0.1, 0.15) is 32.7 Å². The monoisotopic (exact) mass is 414 g/mol. The Morgan fingerprint density at radius 3 is 2.87 bits per heavy atom. The molecular weight excluding hydrogens is 392 g/mol. The summed E-state index contributed by atoms with van der Waals surface area (Å²) in [6.07, 6.45) is 3.54. The number of aromatic nitrogens is 1. The quantitative estimate of drug-likeness (QED) is 0.591. The SMILES string of the molecule is COc1cccc(/C=C2\Oc3c(cc4c(c3C)OCN(Cc3ccccn3)C4)C2=O)c1. The Morgan fingerprint density at radius 2 is 2.06 bits per heavy atom. The van der Waals surface area contributed by atoms with Crippen LogP contribution in [0.15, 0.2) is 60.5 Å². The molecule has 0 radical (unpaired) electrons. The van der Waals surface area contributed by atoms with E-state index in [1.807, 2.05) is 55.5 Å². The first-order valence-electron chi connectivity index (χ1n) is 10.1. The molecule has 0 saturated carbocycles. The van der Waals surface area contributed by atoms with E-state index < -0.39 is 0 Å². The van der Waals surface area contributed by atoms with Gasteiger partial charge in [0.1, 0.15) is 24.0 Å². The Morgan fingerprint density at radius 1 is 1.16 bits per heavy atom. The molecule has 2 aromatic carbocycles. The molecule has 0 aliphatic carbocycles. The molecule has 0 bridgehead atoms. The van der Waals surface area contributed by atoms with Gasteiger partial charge in [-0.15, -0.1) is 0 Å². The Kier molecular flexibility index (Phi) is 4.92. The van der Waals surface area contributed by atoms with E-state index in [1.54, 1.807) is 19.4 Å². The molecule has 3 aromatic rings. The smallest absolute Gasteiger partial charge is 0.231 e. The number of carbonyl (C=O) groups excluding carboxylic acids is 1. The number of nitrogens with zero attached hydrogens (tertiary/aromatic N) is 2. The van der Waals surface area contributed by atoms with Gasteiger partial charge in [-0.25, -0.2) is 0 Å². The van der Waals surface area contributed by atoms with Gasteiger partial charge < -0.3 is 14.2 Å². The number of hydrogen-bond donors (Lipinski definition) is 0. The van der Waals surface area contributed by atoms with E-state index in [-0.39, 0.29) is 5.78 Å². The van der Waals surface area contributed by atoms with E-state index in [0.29, 0.717) is 36.9 Å². The molecule has 0 N–H and O–H groups in total. The highest BCUT2D eigenvalue weighted by atomic mass is 16.5. The fourth-order valence-electron chi connectivity index (χ4n) is 4.00. The van der Waals surface area contributed by atoms with Gasteiger partial charge in [-0.2, -0.15) is 0 Å². The van der Waals surface area contributed by atoms with Crippen LogP contribution in [0.2, 0.25) is 0 Å². The summed E-state index contributed by atoms with van der Waals surface area (Å²) in [5, 5.41) is 0. The van der Waals surface area contributed by atoms with Gasteiger partial charge >= 0.3 is 0 Å². The van der Waals surface area contributed by atoms with Crippen molar-refractivity contribution in [2.75, 3.05) is 13.8 Å². The number of Topliss-reactive ketones (excluding diaryl/α,β-unsaturated/α-hetero) is 1. The molecule has 6 heteroatoms. The van der Waals surface area contributed by atoms with Crippen LogP contribution in [-0.2, 0) is 13.1 Å². The number of fused-ring (bicyclic) bond motifs is 2. The number of ketones is 1. The van der Waals surface area contributed by atoms with Crippen LogP contribution >= 0.6 is 0 Å². The second-order valence-electron chi connectivity index (χ2n) is 7.66. The summed E-state index contributed by atoms with van der Waals surface area (Å²) in [6, 6.07) is 15.3. The van der Waals surface area contributed by atoms with Gasteiger partial charge in [-0.3, -0.25) is 14.7 Å². The maximum atomic E-state index is 13.1. The summed E-state index contributed by atoms with van der Waals surface area (Å²) in [4.78, 5) is 19.6. The molecule has 2 aliphatic rings. The molecule has 3 heterocycles. The summed E-state index contributed by atoms with van der Waals surface area (Å²) in [7, 11) is 1.62. The van der Waals surface area contributed by atoms with Crippen molar-refractivity contribution >= 4 is 11.9 Å². The zero-order chi connectivity index (χ0) is 21.4. The van der Waals surface area contributed by atoms with Gasteiger partial charge in [-0.05, 0) is 48.9 Å².